The first kappa shape index (κ1) is 22.6. The molecule has 0 bridgehead atoms. The molecule has 1 amide bonds. The van der Waals surface area contributed by atoms with Crippen molar-refractivity contribution in [3.63, 3.8) is 0 Å². The number of hydrogen-bond donors (Lipinski definition) is 1. The zero-order chi connectivity index (χ0) is 24.2. The molecule has 1 saturated heterocycles. The highest BCUT2D eigenvalue weighted by Gasteiger charge is 2.47. The highest BCUT2D eigenvalue weighted by atomic mass is 32.1. The van der Waals surface area contributed by atoms with Crippen LogP contribution in [0.15, 0.2) is 30.6 Å². The molecule has 2 aliphatic heterocycles. The van der Waals surface area contributed by atoms with Gasteiger partial charge in [-0.3, -0.25) is 4.79 Å². The number of piperidine rings is 1. The van der Waals surface area contributed by atoms with Crippen molar-refractivity contribution in [3.8, 4) is 10.6 Å². The van der Waals surface area contributed by atoms with Gasteiger partial charge in [0.1, 0.15) is 5.82 Å². The Morgan fingerprint density at radius 3 is 2.60 bits per heavy atom. The van der Waals surface area contributed by atoms with Gasteiger partial charge < -0.3 is 15.1 Å². The van der Waals surface area contributed by atoms with E-state index in [1.807, 2.05) is 43.4 Å². The van der Waals surface area contributed by atoms with Gasteiger partial charge in [0.15, 0.2) is 0 Å². The second-order valence-corrected chi connectivity index (χ2v) is 11.6. The molecule has 35 heavy (non-hydrogen) atoms. The quantitative estimate of drug-likeness (QED) is 0.559. The van der Waals surface area contributed by atoms with E-state index in [0.29, 0.717) is 11.9 Å². The van der Waals surface area contributed by atoms with Gasteiger partial charge in [-0.15, -0.1) is 11.3 Å². The van der Waals surface area contributed by atoms with Crippen molar-refractivity contribution in [2.24, 2.45) is 0 Å². The van der Waals surface area contributed by atoms with E-state index in [2.05, 4.69) is 33.3 Å². The molecule has 3 aromatic heterocycles. The zero-order valence-corrected chi connectivity index (χ0v) is 21.5. The van der Waals surface area contributed by atoms with Crippen LogP contribution in [-0.4, -0.2) is 64.4 Å². The van der Waals surface area contributed by atoms with Crippen LogP contribution >= 0.6 is 11.3 Å². The first-order valence-corrected chi connectivity index (χ1v) is 13.4. The van der Waals surface area contributed by atoms with Gasteiger partial charge in [0.2, 0.25) is 5.95 Å². The summed E-state index contributed by atoms with van der Waals surface area (Å²) < 4.78 is 0. The highest BCUT2D eigenvalue weighted by Crippen LogP contribution is 2.52. The number of likely N-dealkylation sites (tertiary alicyclic amines) is 1. The van der Waals surface area contributed by atoms with Crippen LogP contribution in [-0.2, 0) is 5.41 Å². The molecule has 3 aromatic rings. The molecule has 1 N–H and O–H groups in total. The van der Waals surface area contributed by atoms with Gasteiger partial charge in [-0.1, -0.05) is 12.5 Å². The molecular formula is C27H32N6OS. The minimum atomic E-state index is 0.124. The minimum Gasteiger partial charge on any atom is -0.341 e. The van der Waals surface area contributed by atoms with Crippen molar-refractivity contribution in [1.82, 2.24) is 24.8 Å². The number of likely N-dealkylation sites (N-methyl/N-ethyl adjacent to an activating group) is 1. The van der Waals surface area contributed by atoms with E-state index in [9.17, 15) is 4.79 Å². The van der Waals surface area contributed by atoms with Gasteiger partial charge in [-0.2, -0.15) is 0 Å². The Bertz CT molecular complexity index is 1260. The van der Waals surface area contributed by atoms with Crippen LogP contribution < -0.4 is 5.32 Å². The second kappa shape index (κ2) is 8.68. The maximum Gasteiger partial charge on any atom is 0.254 e. The molecule has 3 aliphatic rings. The molecule has 8 heteroatoms. The number of nitrogens with one attached hydrogen (secondary N) is 1. The van der Waals surface area contributed by atoms with Crippen molar-refractivity contribution >= 4 is 29.0 Å². The lowest BCUT2D eigenvalue weighted by atomic mass is 9.65. The van der Waals surface area contributed by atoms with Gasteiger partial charge in [0.25, 0.3) is 5.91 Å². The van der Waals surface area contributed by atoms with Gasteiger partial charge in [0.05, 0.1) is 16.1 Å². The number of fused-ring (bicyclic) bond motifs is 2. The summed E-state index contributed by atoms with van der Waals surface area (Å²) in [7, 11) is 4.11. The summed E-state index contributed by atoms with van der Waals surface area (Å²) in [5.41, 5.74) is 4.19. The van der Waals surface area contributed by atoms with E-state index >= 15 is 0 Å². The molecule has 1 saturated carbocycles. The Hall–Kier alpha value is -2.84. The fourth-order valence-corrected chi connectivity index (χ4v) is 7.22. The number of anilines is 2. The van der Waals surface area contributed by atoms with Crippen molar-refractivity contribution in [3.05, 3.63) is 52.2 Å². The number of amides is 1. The van der Waals surface area contributed by atoms with Crippen molar-refractivity contribution in [2.75, 3.05) is 39.0 Å². The summed E-state index contributed by atoms with van der Waals surface area (Å²) in [6, 6.07) is 6.25. The molecule has 7 nitrogen and oxygen atoms in total. The third-order valence-corrected chi connectivity index (χ3v) is 9.45. The van der Waals surface area contributed by atoms with Crippen LogP contribution in [0.4, 0.5) is 11.8 Å². The lowest BCUT2D eigenvalue weighted by Crippen LogP contribution is -2.50. The Morgan fingerprint density at radius 2 is 1.91 bits per heavy atom. The molecule has 0 atom stereocenters. The number of pyridine rings is 1. The Kier molecular flexibility index (Phi) is 5.60. The number of aryl methyl sites for hydroxylation is 1. The van der Waals surface area contributed by atoms with Gasteiger partial charge in [0, 0.05) is 36.3 Å². The van der Waals surface area contributed by atoms with Crippen LogP contribution in [0.3, 0.4) is 0 Å². The molecule has 1 spiro atoms. The summed E-state index contributed by atoms with van der Waals surface area (Å²) in [6.07, 6.45) is 9.75. The van der Waals surface area contributed by atoms with Crippen LogP contribution in [0, 0.1) is 6.92 Å². The summed E-state index contributed by atoms with van der Waals surface area (Å²) in [5.74, 6) is 1.98. The highest BCUT2D eigenvalue weighted by molar-refractivity contribution is 7.16. The zero-order valence-electron chi connectivity index (χ0n) is 20.7. The summed E-state index contributed by atoms with van der Waals surface area (Å²) in [5, 5.41) is 3.28. The number of hydrogen-bond acceptors (Lipinski definition) is 7. The molecular weight excluding hydrogens is 456 g/mol. The number of nitrogens with zero attached hydrogens (tertiary/aromatic N) is 5. The van der Waals surface area contributed by atoms with Crippen molar-refractivity contribution < 1.29 is 4.79 Å². The molecule has 0 aromatic carbocycles. The summed E-state index contributed by atoms with van der Waals surface area (Å²) in [6.45, 7) is 5.13. The fraction of sp³-hybridized carbons (Fsp3) is 0.481. The maximum atomic E-state index is 12.9. The monoisotopic (exact) mass is 488 g/mol. The Labute approximate surface area is 210 Å². The molecule has 0 unspecified atom stereocenters. The van der Waals surface area contributed by atoms with Crippen molar-refractivity contribution in [1.29, 1.82) is 0 Å². The minimum absolute atomic E-state index is 0.124. The fourth-order valence-electron chi connectivity index (χ4n) is 5.78. The second-order valence-electron chi connectivity index (χ2n) is 10.6. The standard InChI is InChI=1S/C27H32N6OS/c1-17-14-29-26(30-22-6-5-19(15-28-22)18-7-11-32(2)12-8-18)31-23(17)21-13-20-24(35-21)27(9-4-10-27)16-33(3)25(20)34/h5-6,13-15,18H,4,7-12,16H2,1-3H3,(H,28,29,30,31). The number of carbonyl (C=O) groups excluding carboxylic acids is 1. The van der Waals surface area contributed by atoms with Gasteiger partial charge in [-0.25, -0.2) is 15.0 Å². The predicted octanol–water partition coefficient (Wildman–Crippen LogP) is 4.97. The first-order valence-electron chi connectivity index (χ1n) is 12.6. The van der Waals surface area contributed by atoms with Crippen LogP contribution in [0.5, 0.6) is 0 Å². The van der Waals surface area contributed by atoms with Gasteiger partial charge in [-0.05, 0) is 81.9 Å². The molecule has 182 valence electrons. The van der Waals surface area contributed by atoms with Crippen LogP contribution in [0.1, 0.15) is 64.4 Å². The normalized spacial score (nSPS) is 20.1. The molecule has 6 rings (SSSR count). The van der Waals surface area contributed by atoms with E-state index in [4.69, 9.17) is 4.98 Å². The third kappa shape index (κ3) is 4.02. The number of aromatic nitrogens is 3. The number of thiophene rings is 1. The maximum absolute atomic E-state index is 12.9. The molecule has 2 fully saturated rings. The van der Waals surface area contributed by atoms with E-state index in [0.717, 1.165) is 60.0 Å². The third-order valence-electron chi connectivity index (χ3n) is 8.06. The molecule has 0 radical (unpaired) electrons. The van der Waals surface area contributed by atoms with E-state index in [1.165, 1.54) is 29.7 Å². The molecule has 1 aliphatic carbocycles. The topological polar surface area (TPSA) is 74.2 Å². The lowest BCUT2D eigenvalue weighted by molar-refractivity contribution is 0.0659. The predicted molar refractivity (Wildman–Crippen MR) is 140 cm³/mol. The number of rotatable bonds is 4. The van der Waals surface area contributed by atoms with Gasteiger partial charge >= 0.3 is 0 Å². The SMILES string of the molecule is Cc1cnc(Nc2ccc(C3CCN(C)CC3)cn2)nc1-c1cc2c(s1)C1(CCC1)CN(C)C2=O. The average molecular weight is 489 g/mol. The van der Waals surface area contributed by atoms with E-state index in [1.54, 1.807) is 11.3 Å². The first-order chi connectivity index (χ1) is 16.9. The average Bonchev–Trinajstić information content (AvgIpc) is 3.28. The Morgan fingerprint density at radius 1 is 1.11 bits per heavy atom. The smallest absolute Gasteiger partial charge is 0.254 e. The summed E-state index contributed by atoms with van der Waals surface area (Å²) in [4.78, 5) is 33.5. The largest absolute Gasteiger partial charge is 0.341 e. The lowest BCUT2D eigenvalue weighted by Gasteiger charge is -2.47. The van der Waals surface area contributed by atoms with Crippen LogP contribution in [0.2, 0.25) is 0 Å². The van der Waals surface area contributed by atoms with E-state index < -0.39 is 0 Å². The summed E-state index contributed by atoms with van der Waals surface area (Å²) >= 11 is 1.74. The number of carbonyl (C=O) groups is 1. The van der Waals surface area contributed by atoms with E-state index in [-0.39, 0.29) is 11.3 Å². The Balaban J connectivity index is 1.25. The van der Waals surface area contributed by atoms with Crippen molar-refractivity contribution in [2.45, 2.75) is 50.4 Å². The molecule has 5 heterocycles. The van der Waals surface area contributed by atoms with Crippen LogP contribution in [0.25, 0.3) is 10.6 Å².